The molecule has 3 rings (SSSR count). The van der Waals surface area contributed by atoms with Gasteiger partial charge in [0.2, 0.25) is 0 Å². The van der Waals surface area contributed by atoms with Gasteiger partial charge in [-0.25, -0.2) is 9.97 Å². The first-order valence-corrected chi connectivity index (χ1v) is 7.92. The molecule has 0 bridgehead atoms. The number of hydrogen-bond acceptors (Lipinski definition) is 4. The molecule has 1 aliphatic rings. The van der Waals surface area contributed by atoms with Crippen LogP contribution in [0.1, 0.15) is 28.4 Å². The molecule has 0 saturated carbocycles. The van der Waals surface area contributed by atoms with Gasteiger partial charge in [-0.2, -0.15) is 0 Å². The van der Waals surface area contributed by atoms with Crippen LogP contribution in [0, 0.1) is 13.8 Å². The first-order valence-electron chi connectivity index (χ1n) is 7.13. The van der Waals surface area contributed by atoms with Crippen molar-refractivity contribution in [2.75, 3.05) is 23.4 Å². The lowest BCUT2D eigenvalue weighted by molar-refractivity contribution is 0.0994. The number of halogens is 1. The maximum atomic E-state index is 12.9. The zero-order valence-electron chi connectivity index (χ0n) is 13.0. The van der Waals surface area contributed by atoms with Crippen molar-refractivity contribution < 1.29 is 4.79 Å². The molecule has 114 valence electrons. The smallest absolute Gasteiger partial charge is 0.261 e. The lowest BCUT2D eigenvalue weighted by Gasteiger charge is -2.24. The van der Waals surface area contributed by atoms with Crippen molar-refractivity contribution in [3.8, 4) is 0 Å². The minimum Gasteiger partial charge on any atom is -0.309 e. The van der Waals surface area contributed by atoms with Crippen LogP contribution in [0.5, 0.6) is 0 Å². The van der Waals surface area contributed by atoms with Gasteiger partial charge < -0.3 is 9.80 Å². The minimum absolute atomic E-state index is 0.0727. The molecular formula is C16H17BrN4O. The number of aromatic nitrogens is 2. The number of amides is 1. The summed E-state index contributed by atoms with van der Waals surface area (Å²) in [7, 11) is 1.79. The second-order valence-corrected chi connectivity index (χ2v) is 6.29. The fraction of sp³-hybridized carbons (Fsp3) is 0.312. The molecule has 5 nitrogen and oxygen atoms in total. The average molecular weight is 361 g/mol. The molecule has 1 amide bonds. The second-order valence-electron chi connectivity index (χ2n) is 5.37. The van der Waals surface area contributed by atoms with E-state index in [1.54, 1.807) is 18.1 Å². The summed E-state index contributed by atoms with van der Waals surface area (Å²) in [6.45, 7) is 6.74. The van der Waals surface area contributed by atoms with E-state index in [-0.39, 0.29) is 5.91 Å². The molecule has 0 saturated heterocycles. The van der Waals surface area contributed by atoms with E-state index in [2.05, 4.69) is 25.9 Å². The third-order valence-corrected chi connectivity index (χ3v) is 4.50. The van der Waals surface area contributed by atoms with Gasteiger partial charge in [0.05, 0.1) is 11.3 Å². The fourth-order valence-corrected chi connectivity index (χ4v) is 3.09. The highest BCUT2D eigenvalue weighted by molar-refractivity contribution is 9.10. The molecule has 2 aromatic heterocycles. The third-order valence-electron chi connectivity index (χ3n) is 4.07. The Kier molecular flexibility index (Phi) is 3.64. The molecule has 0 spiro atoms. The Morgan fingerprint density at radius 2 is 1.86 bits per heavy atom. The van der Waals surface area contributed by atoms with E-state index in [1.165, 1.54) is 0 Å². The van der Waals surface area contributed by atoms with Gasteiger partial charge in [0.25, 0.3) is 5.91 Å². The van der Waals surface area contributed by atoms with Crippen molar-refractivity contribution in [2.24, 2.45) is 0 Å². The molecule has 22 heavy (non-hydrogen) atoms. The normalized spacial score (nSPS) is 13.8. The SMILES string of the molecule is CCN1c2ncc(Br)cc2C(=O)N(C)c2c1ncc(C)c2C. The van der Waals surface area contributed by atoms with Gasteiger partial charge in [0.1, 0.15) is 5.82 Å². The zero-order valence-corrected chi connectivity index (χ0v) is 14.6. The zero-order chi connectivity index (χ0) is 16.0. The number of aryl methyl sites for hydroxylation is 1. The summed E-state index contributed by atoms with van der Waals surface area (Å²) in [5.74, 6) is 1.35. The predicted octanol–water partition coefficient (Wildman–Crippen LogP) is 3.60. The molecule has 2 aromatic rings. The minimum atomic E-state index is -0.0727. The highest BCUT2D eigenvalue weighted by atomic mass is 79.9. The number of hydrogen-bond donors (Lipinski definition) is 0. The first kappa shape index (κ1) is 15.0. The lowest BCUT2D eigenvalue weighted by Crippen LogP contribution is -2.26. The molecule has 0 radical (unpaired) electrons. The van der Waals surface area contributed by atoms with E-state index in [4.69, 9.17) is 0 Å². The van der Waals surface area contributed by atoms with Crippen LogP contribution in [0.2, 0.25) is 0 Å². The highest BCUT2D eigenvalue weighted by Gasteiger charge is 2.32. The van der Waals surface area contributed by atoms with Gasteiger partial charge in [-0.15, -0.1) is 0 Å². The van der Waals surface area contributed by atoms with Crippen LogP contribution in [0.3, 0.4) is 0 Å². The highest BCUT2D eigenvalue weighted by Crippen LogP contribution is 2.40. The topological polar surface area (TPSA) is 49.3 Å². The Morgan fingerprint density at radius 1 is 1.18 bits per heavy atom. The number of rotatable bonds is 1. The summed E-state index contributed by atoms with van der Waals surface area (Å²) in [5, 5.41) is 0. The first-order chi connectivity index (χ1) is 10.5. The van der Waals surface area contributed by atoms with Gasteiger partial charge >= 0.3 is 0 Å². The Hall–Kier alpha value is -1.95. The van der Waals surface area contributed by atoms with E-state index >= 15 is 0 Å². The van der Waals surface area contributed by atoms with Crippen molar-refractivity contribution >= 4 is 39.2 Å². The predicted molar refractivity (Wildman–Crippen MR) is 91.1 cm³/mol. The summed E-state index contributed by atoms with van der Waals surface area (Å²) in [6.07, 6.45) is 3.56. The van der Waals surface area contributed by atoms with Crippen LogP contribution >= 0.6 is 15.9 Å². The second kappa shape index (κ2) is 5.35. The Balaban J connectivity index is 2.36. The van der Waals surface area contributed by atoms with Gasteiger partial charge in [0, 0.05) is 30.5 Å². The molecule has 0 aromatic carbocycles. The standard InChI is InChI=1S/C16H17BrN4O/c1-5-21-14-12(6-11(17)8-19-14)16(22)20(4)13-10(3)9(2)7-18-15(13)21/h6-8H,5H2,1-4H3. The van der Waals surface area contributed by atoms with Crippen molar-refractivity contribution in [3.05, 3.63) is 39.6 Å². The van der Waals surface area contributed by atoms with Crippen molar-refractivity contribution in [2.45, 2.75) is 20.8 Å². The van der Waals surface area contributed by atoms with Crippen LogP contribution in [0.25, 0.3) is 0 Å². The summed E-state index contributed by atoms with van der Waals surface area (Å²) in [4.78, 5) is 25.6. The molecule has 0 aliphatic carbocycles. The third kappa shape index (κ3) is 2.09. The van der Waals surface area contributed by atoms with E-state index in [1.807, 2.05) is 37.9 Å². The molecule has 0 atom stereocenters. The Morgan fingerprint density at radius 3 is 2.55 bits per heavy atom. The van der Waals surface area contributed by atoms with Crippen LogP contribution in [0.4, 0.5) is 17.3 Å². The maximum Gasteiger partial charge on any atom is 0.261 e. The van der Waals surface area contributed by atoms with Gasteiger partial charge in [0.15, 0.2) is 5.82 Å². The number of carbonyl (C=O) groups excluding carboxylic acids is 1. The van der Waals surface area contributed by atoms with Gasteiger partial charge in [-0.1, -0.05) is 0 Å². The van der Waals surface area contributed by atoms with Crippen LogP contribution in [-0.2, 0) is 0 Å². The molecule has 1 aliphatic heterocycles. The monoisotopic (exact) mass is 360 g/mol. The van der Waals surface area contributed by atoms with Crippen molar-refractivity contribution in [1.82, 2.24) is 9.97 Å². The van der Waals surface area contributed by atoms with E-state index < -0.39 is 0 Å². The summed E-state index contributed by atoms with van der Waals surface area (Å²) in [5.41, 5.74) is 3.55. The molecular weight excluding hydrogens is 344 g/mol. The van der Waals surface area contributed by atoms with Crippen LogP contribution in [0.15, 0.2) is 22.9 Å². The van der Waals surface area contributed by atoms with Crippen molar-refractivity contribution in [1.29, 1.82) is 0 Å². The van der Waals surface area contributed by atoms with Gasteiger partial charge in [-0.05, 0) is 53.9 Å². The van der Waals surface area contributed by atoms with Crippen molar-refractivity contribution in [3.63, 3.8) is 0 Å². The number of fused-ring (bicyclic) bond motifs is 2. The number of carbonyl (C=O) groups is 1. The summed E-state index contributed by atoms with van der Waals surface area (Å²) < 4.78 is 0.788. The average Bonchev–Trinajstić information content (AvgIpc) is 2.59. The Labute approximate surface area is 138 Å². The molecule has 6 heteroatoms. The van der Waals surface area contributed by atoms with E-state index in [9.17, 15) is 4.79 Å². The Bertz CT molecular complexity index is 775. The number of nitrogens with zero attached hydrogens (tertiary/aromatic N) is 4. The number of pyridine rings is 2. The molecule has 3 heterocycles. The summed E-state index contributed by atoms with van der Waals surface area (Å²) in [6, 6.07) is 1.82. The van der Waals surface area contributed by atoms with Crippen LogP contribution < -0.4 is 9.80 Å². The fourth-order valence-electron chi connectivity index (χ4n) is 2.76. The molecule has 0 N–H and O–H groups in total. The van der Waals surface area contributed by atoms with Crippen LogP contribution in [-0.4, -0.2) is 29.5 Å². The van der Waals surface area contributed by atoms with E-state index in [0.29, 0.717) is 17.9 Å². The lowest BCUT2D eigenvalue weighted by atomic mass is 10.1. The molecule has 0 fully saturated rings. The number of anilines is 3. The largest absolute Gasteiger partial charge is 0.309 e. The van der Waals surface area contributed by atoms with Gasteiger partial charge in [-0.3, -0.25) is 4.79 Å². The summed E-state index contributed by atoms with van der Waals surface area (Å²) >= 11 is 3.40. The molecule has 0 unspecified atom stereocenters. The van der Waals surface area contributed by atoms with E-state index in [0.717, 1.165) is 27.1 Å². The maximum absolute atomic E-state index is 12.9. The quantitative estimate of drug-likeness (QED) is 0.779.